The van der Waals surface area contributed by atoms with Crippen molar-refractivity contribution in [2.75, 3.05) is 12.4 Å². The van der Waals surface area contributed by atoms with Gasteiger partial charge in [0.15, 0.2) is 5.13 Å². The number of nitrogens with zero attached hydrogens (tertiary/aromatic N) is 2. The predicted molar refractivity (Wildman–Crippen MR) is 116 cm³/mol. The molecule has 0 aliphatic carbocycles. The maximum Gasteiger partial charge on any atom is 0.339 e. The van der Waals surface area contributed by atoms with E-state index < -0.39 is 5.63 Å². The van der Waals surface area contributed by atoms with Crippen LogP contribution in [0.15, 0.2) is 57.2 Å². The molecule has 0 saturated carbocycles. The van der Waals surface area contributed by atoms with E-state index >= 15 is 0 Å². The van der Waals surface area contributed by atoms with Crippen LogP contribution in [0.25, 0.3) is 22.4 Å². The molecule has 0 aliphatic heterocycles. The molecular weight excluding hydrogens is 402 g/mol. The number of aryl methyl sites for hydroxylation is 1. The van der Waals surface area contributed by atoms with E-state index in [1.54, 1.807) is 19.4 Å². The van der Waals surface area contributed by atoms with Crippen LogP contribution in [0.5, 0.6) is 5.75 Å². The second-order valence-electron chi connectivity index (χ2n) is 6.66. The zero-order valence-corrected chi connectivity index (χ0v) is 17.3. The molecule has 0 radical (unpaired) electrons. The number of carbonyl (C=O) groups is 1. The standard InChI is InChI=1S/C22H19N3O4S/c1-13-15-7-6-14(28-2)11-19(15)29-21(27)16(13)8-9-20(26)25-22-24-18(12-30-22)17-5-3-4-10-23-17/h3-7,10-12H,8-9H2,1-2H3,(H,24,25,26). The number of hydrogen-bond donors (Lipinski definition) is 1. The fraction of sp³-hybridized carbons (Fsp3) is 0.182. The van der Waals surface area contributed by atoms with Gasteiger partial charge in [0, 0.05) is 35.0 Å². The van der Waals surface area contributed by atoms with Gasteiger partial charge < -0.3 is 14.5 Å². The van der Waals surface area contributed by atoms with E-state index in [4.69, 9.17) is 9.15 Å². The number of methoxy groups -OCH3 is 1. The Kier molecular flexibility index (Phi) is 5.58. The number of aromatic nitrogens is 2. The summed E-state index contributed by atoms with van der Waals surface area (Å²) in [7, 11) is 1.56. The van der Waals surface area contributed by atoms with Crippen molar-refractivity contribution in [3.63, 3.8) is 0 Å². The molecule has 0 unspecified atom stereocenters. The fourth-order valence-corrected chi connectivity index (χ4v) is 3.89. The van der Waals surface area contributed by atoms with Gasteiger partial charge in [-0.05, 0) is 43.2 Å². The first-order valence-electron chi connectivity index (χ1n) is 9.32. The average molecular weight is 421 g/mol. The lowest BCUT2D eigenvalue weighted by Gasteiger charge is -2.08. The van der Waals surface area contributed by atoms with Gasteiger partial charge in [-0.25, -0.2) is 9.78 Å². The highest BCUT2D eigenvalue weighted by molar-refractivity contribution is 7.14. The lowest BCUT2D eigenvalue weighted by Crippen LogP contribution is -2.16. The topological polar surface area (TPSA) is 94.3 Å². The molecule has 152 valence electrons. The van der Waals surface area contributed by atoms with Gasteiger partial charge in [-0.15, -0.1) is 11.3 Å². The van der Waals surface area contributed by atoms with Crippen LogP contribution in [0.2, 0.25) is 0 Å². The summed E-state index contributed by atoms with van der Waals surface area (Å²) in [5.41, 5.74) is 2.79. The minimum atomic E-state index is -0.437. The number of fused-ring (bicyclic) bond motifs is 1. The third-order valence-corrected chi connectivity index (χ3v) is 5.53. The molecule has 3 heterocycles. The molecular formula is C22H19N3O4S. The summed E-state index contributed by atoms with van der Waals surface area (Å²) >= 11 is 1.33. The number of benzene rings is 1. The second kappa shape index (κ2) is 8.46. The summed E-state index contributed by atoms with van der Waals surface area (Å²) in [6, 6.07) is 10.9. The summed E-state index contributed by atoms with van der Waals surface area (Å²) in [5, 5.41) is 5.95. The van der Waals surface area contributed by atoms with Crippen LogP contribution in [0.3, 0.4) is 0 Å². The predicted octanol–water partition coefficient (Wildman–Crippen LogP) is 4.20. The molecule has 0 fully saturated rings. The van der Waals surface area contributed by atoms with Crippen molar-refractivity contribution in [3.8, 4) is 17.1 Å². The van der Waals surface area contributed by atoms with E-state index in [2.05, 4.69) is 15.3 Å². The number of rotatable bonds is 6. The highest BCUT2D eigenvalue weighted by Crippen LogP contribution is 2.25. The molecule has 7 nitrogen and oxygen atoms in total. The van der Waals surface area contributed by atoms with E-state index in [9.17, 15) is 9.59 Å². The summed E-state index contributed by atoms with van der Waals surface area (Å²) in [4.78, 5) is 33.5. The normalized spacial score (nSPS) is 10.9. The van der Waals surface area contributed by atoms with Crippen LogP contribution >= 0.6 is 11.3 Å². The third-order valence-electron chi connectivity index (χ3n) is 4.77. The number of ether oxygens (including phenoxy) is 1. The molecule has 0 bridgehead atoms. The van der Waals surface area contributed by atoms with Crippen molar-refractivity contribution >= 4 is 33.3 Å². The monoisotopic (exact) mass is 421 g/mol. The Morgan fingerprint density at radius 1 is 1.23 bits per heavy atom. The van der Waals surface area contributed by atoms with Gasteiger partial charge in [0.05, 0.1) is 12.8 Å². The van der Waals surface area contributed by atoms with Crippen LogP contribution in [-0.4, -0.2) is 23.0 Å². The zero-order chi connectivity index (χ0) is 21.1. The van der Waals surface area contributed by atoms with E-state index in [1.807, 2.05) is 42.6 Å². The number of amides is 1. The number of anilines is 1. The van der Waals surface area contributed by atoms with Crippen LogP contribution < -0.4 is 15.7 Å². The summed E-state index contributed by atoms with van der Waals surface area (Å²) in [5.74, 6) is 0.399. The SMILES string of the molecule is COc1ccc2c(C)c(CCC(=O)Nc3nc(-c4ccccn4)cs3)c(=O)oc2c1. The lowest BCUT2D eigenvalue weighted by atomic mass is 10.0. The second-order valence-corrected chi connectivity index (χ2v) is 7.51. The maximum absolute atomic E-state index is 12.4. The third kappa shape index (κ3) is 4.08. The Hall–Kier alpha value is -3.52. The van der Waals surface area contributed by atoms with Crippen LogP contribution in [0.1, 0.15) is 17.5 Å². The quantitative estimate of drug-likeness (QED) is 0.469. The van der Waals surface area contributed by atoms with Crippen molar-refractivity contribution in [2.24, 2.45) is 0 Å². The minimum Gasteiger partial charge on any atom is -0.497 e. The van der Waals surface area contributed by atoms with Crippen LogP contribution in [-0.2, 0) is 11.2 Å². The first-order valence-corrected chi connectivity index (χ1v) is 10.2. The van der Waals surface area contributed by atoms with E-state index in [-0.39, 0.29) is 18.7 Å². The van der Waals surface area contributed by atoms with Gasteiger partial charge in [0.25, 0.3) is 0 Å². The average Bonchev–Trinajstić information content (AvgIpc) is 3.22. The number of hydrogen-bond acceptors (Lipinski definition) is 7. The Morgan fingerprint density at radius 3 is 2.87 bits per heavy atom. The number of pyridine rings is 1. The minimum absolute atomic E-state index is 0.145. The van der Waals surface area contributed by atoms with Crippen molar-refractivity contribution in [3.05, 3.63) is 69.5 Å². The van der Waals surface area contributed by atoms with Gasteiger partial charge >= 0.3 is 5.63 Å². The largest absolute Gasteiger partial charge is 0.497 e. The van der Waals surface area contributed by atoms with E-state index in [0.717, 1.165) is 16.6 Å². The molecule has 1 N–H and O–H groups in total. The first-order chi connectivity index (χ1) is 14.5. The van der Waals surface area contributed by atoms with Gasteiger partial charge in [-0.3, -0.25) is 9.78 Å². The van der Waals surface area contributed by atoms with Gasteiger partial charge in [0.2, 0.25) is 5.91 Å². The van der Waals surface area contributed by atoms with E-state index in [0.29, 0.717) is 27.7 Å². The lowest BCUT2D eigenvalue weighted by molar-refractivity contribution is -0.116. The van der Waals surface area contributed by atoms with Crippen LogP contribution in [0, 0.1) is 6.92 Å². The molecule has 4 aromatic rings. The summed E-state index contributed by atoms with van der Waals surface area (Å²) in [6.07, 6.45) is 2.12. The number of thiazole rings is 1. The maximum atomic E-state index is 12.4. The molecule has 0 saturated heterocycles. The summed E-state index contributed by atoms with van der Waals surface area (Å²) in [6.45, 7) is 1.86. The molecule has 30 heavy (non-hydrogen) atoms. The summed E-state index contributed by atoms with van der Waals surface area (Å²) < 4.78 is 10.6. The number of nitrogens with one attached hydrogen (secondary N) is 1. The highest BCUT2D eigenvalue weighted by atomic mass is 32.1. The molecule has 0 aliphatic rings. The molecule has 4 rings (SSSR count). The van der Waals surface area contributed by atoms with Gasteiger partial charge in [-0.2, -0.15) is 0 Å². The van der Waals surface area contributed by atoms with Crippen molar-refractivity contribution in [1.82, 2.24) is 9.97 Å². The Bertz CT molecular complexity index is 1260. The van der Waals surface area contributed by atoms with Crippen LogP contribution in [0.4, 0.5) is 5.13 Å². The molecule has 0 atom stereocenters. The Balaban J connectivity index is 1.46. The molecule has 8 heteroatoms. The highest BCUT2D eigenvalue weighted by Gasteiger charge is 2.15. The van der Waals surface area contributed by atoms with Gasteiger partial charge in [0.1, 0.15) is 17.0 Å². The van der Waals surface area contributed by atoms with Crippen molar-refractivity contribution < 1.29 is 13.9 Å². The van der Waals surface area contributed by atoms with E-state index in [1.165, 1.54) is 11.3 Å². The fourth-order valence-electron chi connectivity index (χ4n) is 3.17. The first kappa shape index (κ1) is 19.8. The Labute approximate surface area is 176 Å². The van der Waals surface area contributed by atoms with Crippen molar-refractivity contribution in [2.45, 2.75) is 19.8 Å². The molecule has 1 amide bonds. The Morgan fingerprint density at radius 2 is 2.10 bits per heavy atom. The number of carbonyl (C=O) groups excluding carboxylic acids is 1. The van der Waals surface area contributed by atoms with Crippen molar-refractivity contribution in [1.29, 1.82) is 0 Å². The smallest absolute Gasteiger partial charge is 0.339 e. The molecule has 0 spiro atoms. The zero-order valence-electron chi connectivity index (χ0n) is 16.5. The van der Waals surface area contributed by atoms with Gasteiger partial charge in [-0.1, -0.05) is 6.07 Å². The molecule has 1 aromatic carbocycles. The molecule has 3 aromatic heterocycles.